The molecule has 3 nitrogen and oxygen atoms in total. The first kappa shape index (κ1) is 10.5. The first-order valence-corrected chi connectivity index (χ1v) is 4.98. The van der Waals surface area contributed by atoms with Gasteiger partial charge >= 0.3 is 0 Å². The van der Waals surface area contributed by atoms with Crippen LogP contribution in [0.15, 0.2) is 0 Å². The normalized spacial score (nSPS) is 28.0. The Morgan fingerprint density at radius 2 is 2.15 bits per heavy atom. The lowest BCUT2D eigenvalue weighted by Crippen LogP contribution is -2.42. The third-order valence-corrected chi connectivity index (χ3v) is 2.61. The highest BCUT2D eigenvalue weighted by molar-refractivity contribution is 5.78. The number of ether oxygens (including phenoxy) is 1. The zero-order chi connectivity index (χ0) is 9.84. The van der Waals surface area contributed by atoms with Gasteiger partial charge in [-0.1, -0.05) is 13.8 Å². The van der Waals surface area contributed by atoms with Gasteiger partial charge in [0.15, 0.2) is 0 Å². The molecule has 1 amide bonds. The lowest BCUT2D eigenvalue weighted by molar-refractivity contribution is -0.125. The van der Waals surface area contributed by atoms with E-state index in [-0.39, 0.29) is 24.0 Å². The van der Waals surface area contributed by atoms with Crippen molar-refractivity contribution >= 4 is 5.91 Å². The molecule has 0 aromatic heterocycles. The summed E-state index contributed by atoms with van der Waals surface area (Å²) in [5, 5.41) is 3.02. The lowest BCUT2D eigenvalue weighted by atomic mass is 10.1. The summed E-state index contributed by atoms with van der Waals surface area (Å²) in [7, 11) is 1.71. The van der Waals surface area contributed by atoms with Gasteiger partial charge in [-0.15, -0.1) is 0 Å². The van der Waals surface area contributed by atoms with Crippen molar-refractivity contribution < 1.29 is 9.53 Å². The van der Waals surface area contributed by atoms with Crippen LogP contribution in [0.25, 0.3) is 0 Å². The summed E-state index contributed by atoms with van der Waals surface area (Å²) in [5.41, 5.74) is 0. The second kappa shape index (κ2) is 4.61. The highest BCUT2D eigenvalue weighted by Crippen LogP contribution is 2.21. The van der Waals surface area contributed by atoms with Gasteiger partial charge in [-0.2, -0.15) is 0 Å². The van der Waals surface area contributed by atoms with Crippen LogP contribution in [0.3, 0.4) is 0 Å². The van der Waals surface area contributed by atoms with Gasteiger partial charge in [-0.25, -0.2) is 0 Å². The molecular weight excluding hydrogens is 166 g/mol. The average molecular weight is 185 g/mol. The van der Waals surface area contributed by atoms with Gasteiger partial charge in [0.05, 0.1) is 12.1 Å². The highest BCUT2D eigenvalue weighted by atomic mass is 16.5. The van der Waals surface area contributed by atoms with E-state index in [1.165, 1.54) is 0 Å². The largest absolute Gasteiger partial charge is 0.379 e. The summed E-state index contributed by atoms with van der Waals surface area (Å²) in [5.74, 6) is 0.201. The summed E-state index contributed by atoms with van der Waals surface area (Å²) in [6.45, 7) is 3.82. The molecule has 1 N–H and O–H groups in total. The molecule has 0 heterocycles. The van der Waals surface area contributed by atoms with Gasteiger partial charge in [0.25, 0.3) is 0 Å². The van der Waals surface area contributed by atoms with Crippen LogP contribution in [0.1, 0.15) is 33.1 Å². The Bertz CT molecular complexity index is 180. The molecule has 1 aliphatic carbocycles. The van der Waals surface area contributed by atoms with E-state index in [9.17, 15) is 4.79 Å². The van der Waals surface area contributed by atoms with E-state index in [2.05, 4.69) is 5.32 Å². The Labute approximate surface area is 79.8 Å². The molecule has 1 saturated carbocycles. The first-order chi connectivity index (χ1) is 6.15. The topological polar surface area (TPSA) is 38.3 Å². The van der Waals surface area contributed by atoms with Crippen molar-refractivity contribution in [3.63, 3.8) is 0 Å². The van der Waals surface area contributed by atoms with Crippen LogP contribution in [0.4, 0.5) is 0 Å². The summed E-state index contributed by atoms with van der Waals surface area (Å²) < 4.78 is 5.29. The molecule has 1 rings (SSSR count). The molecule has 0 radical (unpaired) electrons. The van der Waals surface area contributed by atoms with Gasteiger partial charge < -0.3 is 10.1 Å². The number of methoxy groups -OCH3 is 1. The summed E-state index contributed by atoms with van der Waals surface area (Å²) >= 11 is 0. The zero-order valence-electron chi connectivity index (χ0n) is 8.67. The summed E-state index contributed by atoms with van der Waals surface area (Å²) in [6, 6.07) is 0.236. The predicted molar refractivity (Wildman–Crippen MR) is 51.4 cm³/mol. The van der Waals surface area contributed by atoms with Crippen LogP contribution in [0.5, 0.6) is 0 Å². The SMILES string of the molecule is CO[C@@H]1CCC[C@H]1NC(=O)C(C)C. The molecule has 0 bridgehead atoms. The molecule has 1 fully saturated rings. The maximum atomic E-state index is 11.4. The molecule has 0 spiro atoms. The number of carbonyl (C=O) groups is 1. The van der Waals surface area contributed by atoms with Crippen LogP contribution < -0.4 is 5.32 Å². The van der Waals surface area contributed by atoms with Gasteiger partial charge in [0.2, 0.25) is 5.91 Å². The highest BCUT2D eigenvalue weighted by Gasteiger charge is 2.28. The standard InChI is InChI=1S/C10H19NO2/c1-7(2)10(12)11-8-5-4-6-9(8)13-3/h7-9H,4-6H2,1-3H3,(H,11,12)/t8-,9-/m1/s1. The smallest absolute Gasteiger partial charge is 0.222 e. The Hall–Kier alpha value is -0.570. The fraction of sp³-hybridized carbons (Fsp3) is 0.900. The minimum absolute atomic E-state index is 0.0677. The van der Waals surface area contributed by atoms with Crippen LogP contribution in [0.2, 0.25) is 0 Å². The summed E-state index contributed by atoms with van der Waals surface area (Å²) in [6.07, 6.45) is 3.50. The van der Waals surface area contributed by atoms with E-state index in [1.807, 2.05) is 13.8 Å². The van der Waals surface area contributed by atoms with Crippen LogP contribution in [-0.4, -0.2) is 25.2 Å². The van der Waals surface area contributed by atoms with Crippen molar-refractivity contribution in [1.29, 1.82) is 0 Å². The Kier molecular flexibility index (Phi) is 3.72. The van der Waals surface area contributed by atoms with Gasteiger partial charge in [0.1, 0.15) is 0 Å². The molecular formula is C10H19NO2. The zero-order valence-corrected chi connectivity index (χ0v) is 8.67. The molecule has 0 aromatic carbocycles. The van der Waals surface area contributed by atoms with E-state index in [4.69, 9.17) is 4.74 Å². The Balaban J connectivity index is 2.39. The van der Waals surface area contributed by atoms with Crippen LogP contribution >= 0.6 is 0 Å². The predicted octanol–water partition coefficient (Wildman–Crippen LogP) is 1.33. The van der Waals surface area contributed by atoms with Gasteiger partial charge in [-0.3, -0.25) is 4.79 Å². The van der Waals surface area contributed by atoms with Crippen molar-refractivity contribution in [3.8, 4) is 0 Å². The molecule has 0 aromatic rings. The van der Waals surface area contributed by atoms with Crippen LogP contribution in [0, 0.1) is 5.92 Å². The second-order valence-electron chi connectivity index (χ2n) is 3.97. The fourth-order valence-corrected chi connectivity index (χ4v) is 1.72. The van der Waals surface area contributed by atoms with E-state index >= 15 is 0 Å². The molecule has 0 unspecified atom stereocenters. The molecule has 1 aliphatic rings. The van der Waals surface area contributed by atoms with Crippen molar-refractivity contribution in [2.24, 2.45) is 5.92 Å². The van der Waals surface area contributed by atoms with Gasteiger partial charge in [0, 0.05) is 13.0 Å². The lowest BCUT2D eigenvalue weighted by Gasteiger charge is -2.20. The number of nitrogens with one attached hydrogen (secondary N) is 1. The third kappa shape index (κ3) is 2.69. The number of hydrogen-bond donors (Lipinski definition) is 1. The van der Waals surface area contributed by atoms with E-state index in [0.717, 1.165) is 19.3 Å². The molecule has 0 saturated heterocycles. The summed E-state index contributed by atoms with van der Waals surface area (Å²) in [4.78, 5) is 11.4. The Morgan fingerprint density at radius 1 is 1.46 bits per heavy atom. The monoisotopic (exact) mass is 185 g/mol. The van der Waals surface area contributed by atoms with Crippen LogP contribution in [-0.2, 0) is 9.53 Å². The maximum Gasteiger partial charge on any atom is 0.222 e. The number of carbonyl (C=O) groups excluding carboxylic acids is 1. The maximum absolute atomic E-state index is 11.4. The minimum atomic E-state index is 0.0677. The van der Waals surface area contributed by atoms with E-state index in [0.29, 0.717) is 0 Å². The fourth-order valence-electron chi connectivity index (χ4n) is 1.72. The number of rotatable bonds is 3. The molecule has 0 aliphatic heterocycles. The van der Waals surface area contributed by atoms with Gasteiger partial charge in [-0.05, 0) is 19.3 Å². The van der Waals surface area contributed by atoms with Crippen molar-refractivity contribution in [2.45, 2.75) is 45.3 Å². The van der Waals surface area contributed by atoms with Crippen molar-refractivity contribution in [1.82, 2.24) is 5.32 Å². The Morgan fingerprint density at radius 3 is 2.69 bits per heavy atom. The molecule has 13 heavy (non-hydrogen) atoms. The molecule has 2 atom stereocenters. The first-order valence-electron chi connectivity index (χ1n) is 4.98. The van der Waals surface area contributed by atoms with Crippen molar-refractivity contribution in [2.75, 3.05) is 7.11 Å². The quantitative estimate of drug-likeness (QED) is 0.720. The second-order valence-corrected chi connectivity index (χ2v) is 3.97. The van der Waals surface area contributed by atoms with E-state index < -0.39 is 0 Å². The van der Waals surface area contributed by atoms with E-state index in [1.54, 1.807) is 7.11 Å². The average Bonchev–Trinajstić information content (AvgIpc) is 2.51. The number of hydrogen-bond acceptors (Lipinski definition) is 2. The minimum Gasteiger partial charge on any atom is -0.379 e. The molecule has 76 valence electrons. The third-order valence-electron chi connectivity index (χ3n) is 2.61. The molecule has 3 heteroatoms. The number of amides is 1. The van der Waals surface area contributed by atoms with Crippen molar-refractivity contribution in [3.05, 3.63) is 0 Å².